The molecule has 0 aromatic rings. The molecule has 2 aliphatic heterocycles. The molecule has 1 aliphatic carbocycles. The van der Waals surface area contributed by atoms with Crippen LogP contribution in [0.1, 0.15) is 39.5 Å². The number of nitrogens with zero attached hydrogens (tertiary/aromatic N) is 1. The first-order valence-corrected chi connectivity index (χ1v) is 7.30. The third-order valence-corrected chi connectivity index (χ3v) is 4.97. The molecule has 17 heavy (non-hydrogen) atoms. The maximum atomic E-state index is 5.74. The van der Waals surface area contributed by atoms with Crippen molar-refractivity contribution in [3.05, 3.63) is 0 Å². The van der Waals surface area contributed by atoms with Crippen LogP contribution in [-0.4, -0.2) is 48.8 Å². The normalized spacial score (nSPS) is 44.8. The lowest BCUT2D eigenvalue weighted by molar-refractivity contribution is 0.0645. The number of nitrogens with one attached hydrogen (secondary N) is 1. The highest BCUT2D eigenvalue weighted by molar-refractivity contribution is 5.02. The molecule has 0 aromatic carbocycles. The van der Waals surface area contributed by atoms with E-state index in [2.05, 4.69) is 24.1 Å². The predicted molar refractivity (Wildman–Crippen MR) is 69.1 cm³/mol. The lowest BCUT2D eigenvalue weighted by atomic mass is 9.94. The van der Waals surface area contributed by atoms with Crippen LogP contribution < -0.4 is 5.32 Å². The topological polar surface area (TPSA) is 24.5 Å². The zero-order chi connectivity index (χ0) is 11.9. The molecule has 1 saturated carbocycles. The first-order chi connectivity index (χ1) is 8.19. The molecule has 3 atom stereocenters. The lowest BCUT2D eigenvalue weighted by Gasteiger charge is -2.37. The van der Waals surface area contributed by atoms with Crippen LogP contribution in [0, 0.1) is 5.92 Å². The minimum absolute atomic E-state index is 0.360. The highest BCUT2D eigenvalue weighted by Gasteiger charge is 2.44. The van der Waals surface area contributed by atoms with E-state index in [-0.39, 0.29) is 0 Å². The summed E-state index contributed by atoms with van der Waals surface area (Å²) in [7, 11) is 0. The van der Waals surface area contributed by atoms with Gasteiger partial charge in [0.15, 0.2) is 0 Å². The van der Waals surface area contributed by atoms with E-state index in [4.69, 9.17) is 4.74 Å². The van der Waals surface area contributed by atoms with Crippen LogP contribution in [0.2, 0.25) is 0 Å². The summed E-state index contributed by atoms with van der Waals surface area (Å²) in [6.45, 7) is 9.28. The summed E-state index contributed by atoms with van der Waals surface area (Å²) in [5, 5.41) is 3.81. The van der Waals surface area contributed by atoms with Crippen molar-refractivity contribution in [3.63, 3.8) is 0 Å². The smallest absolute Gasteiger partial charge is 0.0703 e. The Bertz CT molecular complexity index is 279. The van der Waals surface area contributed by atoms with Crippen molar-refractivity contribution in [2.24, 2.45) is 5.92 Å². The first kappa shape index (κ1) is 11.9. The molecule has 3 unspecified atom stereocenters. The Morgan fingerprint density at radius 1 is 1.29 bits per heavy atom. The second-order valence-corrected chi connectivity index (χ2v) is 6.37. The summed E-state index contributed by atoms with van der Waals surface area (Å²) < 4.78 is 5.74. The summed E-state index contributed by atoms with van der Waals surface area (Å²) in [5.74, 6) is 0.917. The Hall–Kier alpha value is -0.120. The van der Waals surface area contributed by atoms with Gasteiger partial charge in [-0.25, -0.2) is 0 Å². The maximum absolute atomic E-state index is 5.74. The summed E-state index contributed by atoms with van der Waals surface area (Å²) >= 11 is 0. The molecule has 0 spiro atoms. The summed E-state index contributed by atoms with van der Waals surface area (Å²) in [6.07, 6.45) is 5.78. The molecule has 0 radical (unpaired) electrons. The van der Waals surface area contributed by atoms with Crippen LogP contribution in [0.25, 0.3) is 0 Å². The number of hydrogen-bond donors (Lipinski definition) is 1. The van der Waals surface area contributed by atoms with Crippen molar-refractivity contribution in [1.29, 1.82) is 0 Å². The molecular formula is C14H26N2O. The highest BCUT2D eigenvalue weighted by Crippen LogP contribution is 2.41. The van der Waals surface area contributed by atoms with Crippen LogP contribution in [0.15, 0.2) is 0 Å². The van der Waals surface area contributed by atoms with E-state index in [0.717, 1.165) is 12.5 Å². The molecule has 2 saturated heterocycles. The Kier molecular flexibility index (Phi) is 3.18. The summed E-state index contributed by atoms with van der Waals surface area (Å²) in [4.78, 5) is 2.70. The minimum atomic E-state index is 0.360. The van der Waals surface area contributed by atoms with Crippen LogP contribution in [0.4, 0.5) is 0 Å². The van der Waals surface area contributed by atoms with Gasteiger partial charge < -0.3 is 10.1 Å². The molecule has 3 nitrogen and oxygen atoms in total. The average Bonchev–Trinajstić information content (AvgIpc) is 3.08. The molecule has 2 heterocycles. The molecule has 3 aliphatic rings. The molecular weight excluding hydrogens is 212 g/mol. The molecule has 0 amide bonds. The van der Waals surface area contributed by atoms with E-state index in [0.29, 0.717) is 17.7 Å². The van der Waals surface area contributed by atoms with Crippen LogP contribution in [-0.2, 0) is 4.74 Å². The zero-order valence-electron chi connectivity index (χ0n) is 11.2. The van der Waals surface area contributed by atoms with E-state index in [9.17, 15) is 0 Å². The van der Waals surface area contributed by atoms with Crippen LogP contribution >= 0.6 is 0 Å². The Balaban J connectivity index is 1.70. The molecule has 3 heteroatoms. The molecule has 3 fully saturated rings. The van der Waals surface area contributed by atoms with Gasteiger partial charge in [-0.1, -0.05) is 0 Å². The van der Waals surface area contributed by atoms with Crippen molar-refractivity contribution in [2.75, 3.05) is 26.2 Å². The van der Waals surface area contributed by atoms with Crippen molar-refractivity contribution >= 4 is 0 Å². The van der Waals surface area contributed by atoms with E-state index in [1.807, 2.05) is 0 Å². The van der Waals surface area contributed by atoms with E-state index >= 15 is 0 Å². The van der Waals surface area contributed by atoms with Gasteiger partial charge in [-0.2, -0.15) is 0 Å². The van der Waals surface area contributed by atoms with Crippen molar-refractivity contribution < 1.29 is 4.74 Å². The largest absolute Gasteiger partial charge is 0.377 e. The Morgan fingerprint density at radius 2 is 2.12 bits per heavy atom. The van der Waals surface area contributed by atoms with Gasteiger partial charge in [-0.05, 0) is 58.5 Å². The average molecular weight is 238 g/mol. The van der Waals surface area contributed by atoms with Gasteiger partial charge in [-0.3, -0.25) is 4.90 Å². The Labute approximate surface area is 105 Å². The summed E-state index contributed by atoms with van der Waals surface area (Å²) in [6, 6.07) is 0.660. The first-order valence-electron chi connectivity index (χ1n) is 7.30. The fourth-order valence-electron chi connectivity index (χ4n) is 3.69. The molecule has 98 valence electrons. The van der Waals surface area contributed by atoms with Gasteiger partial charge in [0.05, 0.1) is 6.10 Å². The third kappa shape index (κ3) is 2.38. The fraction of sp³-hybridized carbons (Fsp3) is 1.00. The monoisotopic (exact) mass is 238 g/mol. The lowest BCUT2D eigenvalue weighted by Crippen LogP contribution is -2.53. The SMILES string of the molecule is CC1OCCC1N1CCCNC(C)(C2CC2)C1. The second kappa shape index (κ2) is 4.52. The highest BCUT2D eigenvalue weighted by atomic mass is 16.5. The minimum Gasteiger partial charge on any atom is -0.377 e. The van der Waals surface area contributed by atoms with E-state index in [1.54, 1.807) is 0 Å². The fourth-order valence-corrected chi connectivity index (χ4v) is 3.69. The molecule has 0 aromatic heterocycles. The van der Waals surface area contributed by atoms with Gasteiger partial charge in [0, 0.05) is 24.7 Å². The summed E-state index contributed by atoms with van der Waals surface area (Å²) in [5.41, 5.74) is 0.360. The van der Waals surface area contributed by atoms with Gasteiger partial charge >= 0.3 is 0 Å². The zero-order valence-corrected chi connectivity index (χ0v) is 11.2. The van der Waals surface area contributed by atoms with E-state index in [1.165, 1.54) is 45.3 Å². The third-order valence-electron chi connectivity index (χ3n) is 4.97. The van der Waals surface area contributed by atoms with Gasteiger partial charge in [0.1, 0.15) is 0 Å². The molecule has 3 rings (SSSR count). The van der Waals surface area contributed by atoms with Gasteiger partial charge in [0.2, 0.25) is 0 Å². The van der Waals surface area contributed by atoms with Gasteiger partial charge in [0.25, 0.3) is 0 Å². The predicted octanol–water partition coefficient (Wildman–Crippen LogP) is 1.63. The van der Waals surface area contributed by atoms with E-state index < -0.39 is 0 Å². The van der Waals surface area contributed by atoms with Crippen molar-refractivity contribution in [1.82, 2.24) is 10.2 Å². The van der Waals surface area contributed by atoms with Crippen molar-refractivity contribution in [3.8, 4) is 0 Å². The second-order valence-electron chi connectivity index (χ2n) is 6.37. The van der Waals surface area contributed by atoms with Crippen molar-refractivity contribution in [2.45, 2.75) is 57.2 Å². The Morgan fingerprint density at radius 3 is 2.76 bits per heavy atom. The standard InChI is InChI=1S/C14H26N2O/c1-11-13(6-9-17-11)16-8-3-7-15-14(2,10-16)12-4-5-12/h11-13,15H,3-10H2,1-2H3. The van der Waals surface area contributed by atoms with Crippen LogP contribution in [0.3, 0.4) is 0 Å². The maximum Gasteiger partial charge on any atom is 0.0703 e. The quantitative estimate of drug-likeness (QED) is 0.791. The number of hydrogen-bond acceptors (Lipinski definition) is 3. The van der Waals surface area contributed by atoms with Gasteiger partial charge in [-0.15, -0.1) is 0 Å². The van der Waals surface area contributed by atoms with Crippen LogP contribution in [0.5, 0.6) is 0 Å². The number of ether oxygens (including phenoxy) is 1. The molecule has 0 bridgehead atoms. The number of rotatable bonds is 2. The molecule has 1 N–H and O–H groups in total.